The number of ketones is 1. The van der Waals surface area contributed by atoms with Gasteiger partial charge in [0, 0.05) is 11.1 Å². The van der Waals surface area contributed by atoms with Crippen LogP contribution in [0.1, 0.15) is 19.4 Å². The number of carbonyl (C=O) groups excluding carboxylic acids is 1. The van der Waals surface area contributed by atoms with Crippen LogP contribution in [0, 0.1) is 0 Å². The van der Waals surface area contributed by atoms with Gasteiger partial charge in [-0.25, -0.2) is 0 Å². The van der Waals surface area contributed by atoms with E-state index in [0.717, 1.165) is 16.7 Å². The van der Waals surface area contributed by atoms with Crippen molar-refractivity contribution < 1.29 is 9.53 Å². The van der Waals surface area contributed by atoms with Crippen LogP contribution in [0.25, 0.3) is 16.8 Å². The van der Waals surface area contributed by atoms with Crippen molar-refractivity contribution in [1.82, 2.24) is 0 Å². The number of fused-ring (bicyclic) bond motifs is 3. The lowest BCUT2D eigenvalue weighted by Crippen LogP contribution is -2.06. The first-order chi connectivity index (χ1) is 9.16. The fourth-order valence-corrected chi connectivity index (χ4v) is 2.22. The normalized spacial score (nSPS) is 15.9. The van der Waals surface area contributed by atoms with Crippen LogP contribution in [0.2, 0.25) is 0 Å². The van der Waals surface area contributed by atoms with E-state index in [9.17, 15) is 4.79 Å². The number of ether oxygens (including phenoxy) is 1. The average molecular weight is 250 g/mol. The number of Topliss-reactive ketones (excluding diaryl/α,β-unsaturated/α-hetero) is 1. The number of allylic oxidation sites excluding steroid dienone is 2. The maximum Gasteiger partial charge on any atom is 0.159 e. The first-order valence-corrected chi connectivity index (χ1v) is 6.26. The summed E-state index contributed by atoms with van der Waals surface area (Å²) in [4.78, 5) is 11.4. The lowest BCUT2D eigenvalue weighted by atomic mass is 10.0. The van der Waals surface area contributed by atoms with E-state index in [4.69, 9.17) is 4.74 Å². The van der Waals surface area contributed by atoms with E-state index in [1.54, 1.807) is 13.8 Å². The summed E-state index contributed by atoms with van der Waals surface area (Å²) < 4.78 is 5.84. The Hall–Kier alpha value is -2.35. The Morgan fingerprint density at radius 2 is 1.79 bits per heavy atom. The summed E-state index contributed by atoms with van der Waals surface area (Å²) in [7, 11) is 0. The average Bonchev–Trinajstić information content (AvgIpc) is 2.45. The molecule has 1 aliphatic heterocycles. The number of benzene rings is 2. The van der Waals surface area contributed by atoms with Crippen molar-refractivity contribution in [3.8, 4) is 5.75 Å². The van der Waals surface area contributed by atoms with Gasteiger partial charge in [-0.2, -0.15) is 0 Å². The molecular formula is C17H14O2. The molecule has 0 saturated heterocycles. The van der Waals surface area contributed by atoms with Crippen LogP contribution in [-0.4, -0.2) is 5.78 Å². The highest BCUT2D eigenvalue weighted by molar-refractivity contribution is 5.96. The van der Waals surface area contributed by atoms with Gasteiger partial charge in [-0.1, -0.05) is 30.3 Å². The molecule has 0 radical (unpaired) electrons. The standard InChI is InChI=1S/C17H14O2/c1-11(12(2)18)16-10-8-15-14-6-4-3-5-13(14)7-9-17(15)19-16/h3-10H,1-2H3. The van der Waals surface area contributed by atoms with E-state index >= 15 is 0 Å². The molecule has 19 heavy (non-hydrogen) atoms. The molecule has 94 valence electrons. The fraction of sp³-hybridized carbons (Fsp3) is 0.118. The van der Waals surface area contributed by atoms with Gasteiger partial charge < -0.3 is 4.74 Å². The topological polar surface area (TPSA) is 26.3 Å². The molecule has 3 rings (SSSR count). The van der Waals surface area contributed by atoms with E-state index in [2.05, 4.69) is 12.1 Å². The van der Waals surface area contributed by atoms with Crippen LogP contribution in [0.3, 0.4) is 0 Å². The highest BCUT2D eigenvalue weighted by Crippen LogP contribution is 2.34. The van der Waals surface area contributed by atoms with Crippen molar-refractivity contribution >= 4 is 22.6 Å². The summed E-state index contributed by atoms with van der Waals surface area (Å²) >= 11 is 0. The van der Waals surface area contributed by atoms with Gasteiger partial charge in [-0.05, 0) is 42.8 Å². The molecule has 0 N–H and O–H groups in total. The molecule has 0 aromatic heterocycles. The second-order valence-electron chi connectivity index (χ2n) is 4.68. The van der Waals surface area contributed by atoms with Crippen LogP contribution in [0.15, 0.2) is 53.8 Å². The Bertz CT molecular complexity index is 736. The summed E-state index contributed by atoms with van der Waals surface area (Å²) in [5.74, 6) is 1.47. The maximum absolute atomic E-state index is 11.4. The van der Waals surface area contributed by atoms with E-state index in [1.165, 1.54) is 5.39 Å². The lowest BCUT2D eigenvalue weighted by molar-refractivity contribution is -0.113. The third-order valence-corrected chi connectivity index (χ3v) is 3.45. The minimum atomic E-state index is 0.0314. The zero-order valence-corrected chi connectivity index (χ0v) is 10.9. The largest absolute Gasteiger partial charge is 0.456 e. The van der Waals surface area contributed by atoms with Gasteiger partial charge in [0.1, 0.15) is 11.5 Å². The van der Waals surface area contributed by atoms with Gasteiger partial charge >= 0.3 is 0 Å². The van der Waals surface area contributed by atoms with Crippen molar-refractivity contribution in [2.24, 2.45) is 0 Å². The van der Waals surface area contributed by atoms with Crippen molar-refractivity contribution in [2.75, 3.05) is 0 Å². The molecule has 0 unspecified atom stereocenters. The smallest absolute Gasteiger partial charge is 0.159 e. The molecule has 1 heterocycles. The minimum Gasteiger partial charge on any atom is -0.456 e. The van der Waals surface area contributed by atoms with Crippen molar-refractivity contribution in [3.05, 3.63) is 59.4 Å². The lowest BCUT2D eigenvalue weighted by Gasteiger charge is -2.17. The highest BCUT2D eigenvalue weighted by atomic mass is 16.5. The summed E-state index contributed by atoms with van der Waals surface area (Å²) in [5, 5.41) is 2.35. The third-order valence-electron chi connectivity index (χ3n) is 3.45. The number of carbonyl (C=O) groups is 1. The molecule has 0 amide bonds. The van der Waals surface area contributed by atoms with E-state index in [0.29, 0.717) is 11.3 Å². The van der Waals surface area contributed by atoms with Gasteiger partial charge in [0.15, 0.2) is 5.78 Å². The molecule has 2 heteroatoms. The van der Waals surface area contributed by atoms with Crippen LogP contribution in [0.4, 0.5) is 0 Å². The second-order valence-corrected chi connectivity index (χ2v) is 4.68. The maximum atomic E-state index is 11.4. The number of hydrogen-bond donors (Lipinski definition) is 0. The predicted octanol–water partition coefficient (Wildman–Crippen LogP) is 4.11. The Balaban J connectivity index is 2.17. The Kier molecular flexibility index (Phi) is 2.71. The Labute approximate surface area is 112 Å². The second kappa shape index (κ2) is 4.39. The van der Waals surface area contributed by atoms with E-state index in [-0.39, 0.29) is 5.78 Å². The zero-order valence-electron chi connectivity index (χ0n) is 10.9. The molecule has 0 spiro atoms. The van der Waals surface area contributed by atoms with Crippen LogP contribution >= 0.6 is 0 Å². The first kappa shape index (κ1) is 11.7. The molecule has 0 bridgehead atoms. The predicted molar refractivity (Wildman–Crippen MR) is 77.0 cm³/mol. The molecule has 2 aromatic carbocycles. The molecule has 0 aliphatic carbocycles. The van der Waals surface area contributed by atoms with Gasteiger partial charge in [-0.3, -0.25) is 4.79 Å². The van der Waals surface area contributed by atoms with Gasteiger partial charge in [-0.15, -0.1) is 0 Å². The van der Waals surface area contributed by atoms with Crippen molar-refractivity contribution in [3.63, 3.8) is 0 Å². The Morgan fingerprint density at radius 1 is 1.00 bits per heavy atom. The Morgan fingerprint density at radius 3 is 2.58 bits per heavy atom. The van der Waals surface area contributed by atoms with Crippen LogP contribution < -0.4 is 4.74 Å². The molecule has 0 saturated carbocycles. The SMILES string of the molecule is CC(=O)C(C)=C1C=Cc2c(ccc3ccccc23)O1. The van der Waals surface area contributed by atoms with E-state index < -0.39 is 0 Å². The van der Waals surface area contributed by atoms with Crippen LogP contribution in [0.5, 0.6) is 5.75 Å². The zero-order chi connectivity index (χ0) is 13.4. The summed E-state index contributed by atoms with van der Waals surface area (Å²) in [6.45, 7) is 3.34. The molecule has 2 aromatic rings. The van der Waals surface area contributed by atoms with Crippen LogP contribution in [-0.2, 0) is 4.79 Å². The number of rotatable bonds is 1. The summed E-state index contributed by atoms with van der Waals surface area (Å²) in [6.07, 6.45) is 3.88. The fourth-order valence-electron chi connectivity index (χ4n) is 2.22. The number of hydrogen-bond acceptors (Lipinski definition) is 2. The highest BCUT2D eigenvalue weighted by Gasteiger charge is 2.15. The van der Waals surface area contributed by atoms with Gasteiger partial charge in [0.25, 0.3) is 0 Å². The summed E-state index contributed by atoms with van der Waals surface area (Å²) in [6, 6.07) is 12.2. The molecular weight excluding hydrogens is 236 g/mol. The van der Waals surface area contributed by atoms with Crippen molar-refractivity contribution in [2.45, 2.75) is 13.8 Å². The van der Waals surface area contributed by atoms with E-state index in [1.807, 2.05) is 36.4 Å². The molecule has 0 fully saturated rings. The molecule has 2 nitrogen and oxygen atoms in total. The molecule has 1 aliphatic rings. The first-order valence-electron chi connectivity index (χ1n) is 6.26. The molecule has 0 atom stereocenters. The monoisotopic (exact) mass is 250 g/mol. The minimum absolute atomic E-state index is 0.0314. The van der Waals surface area contributed by atoms with Crippen molar-refractivity contribution in [1.29, 1.82) is 0 Å². The third kappa shape index (κ3) is 1.95. The quantitative estimate of drug-likeness (QED) is 0.712. The van der Waals surface area contributed by atoms with Gasteiger partial charge in [0.2, 0.25) is 0 Å². The summed E-state index contributed by atoms with van der Waals surface area (Å²) in [5.41, 5.74) is 1.72. The van der Waals surface area contributed by atoms with Gasteiger partial charge in [0.05, 0.1) is 0 Å².